The van der Waals surface area contributed by atoms with Crippen molar-refractivity contribution < 1.29 is 9.90 Å². The molecule has 3 heteroatoms. The minimum Gasteiger partial charge on any atom is -0.480 e. The van der Waals surface area contributed by atoms with Gasteiger partial charge in [-0.3, -0.25) is 9.69 Å². The number of carboxylic acids is 1. The number of hydrogen-bond acceptors (Lipinski definition) is 2. The molecule has 1 rings (SSSR count). The Morgan fingerprint density at radius 2 is 2.33 bits per heavy atom. The minimum absolute atomic E-state index is 0.131. The van der Waals surface area contributed by atoms with Crippen LogP contribution in [0.3, 0.4) is 0 Å². The fourth-order valence-electron chi connectivity index (χ4n) is 1.21. The van der Waals surface area contributed by atoms with E-state index in [4.69, 9.17) is 11.5 Å². The Hall–Kier alpha value is -1.01. The zero-order valence-electron chi connectivity index (χ0n) is 6.99. The SMILES string of the molecule is C#CCCN(CC(=O)O)C1CC1. The van der Waals surface area contributed by atoms with Crippen LogP contribution in [0, 0.1) is 12.3 Å². The van der Waals surface area contributed by atoms with E-state index in [-0.39, 0.29) is 6.54 Å². The highest BCUT2D eigenvalue weighted by atomic mass is 16.4. The summed E-state index contributed by atoms with van der Waals surface area (Å²) in [6, 6.07) is 0.481. The van der Waals surface area contributed by atoms with Gasteiger partial charge in [-0.05, 0) is 12.8 Å². The zero-order valence-corrected chi connectivity index (χ0v) is 6.99. The lowest BCUT2D eigenvalue weighted by atomic mass is 10.3. The van der Waals surface area contributed by atoms with E-state index in [9.17, 15) is 4.79 Å². The van der Waals surface area contributed by atoms with Gasteiger partial charge in [0.1, 0.15) is 0 Å². The number of carbonyl (C=O) groups is 1. The van der Waals surface area contributed by atoms with Gasteiger partial charge in [0.15, 0.2) is 0 Å². The molecule has 0 unspecified atom stereocenters. The Bertz CT molecular complexity index is 203. The molecular weight excluding hydrogens is 154 g/mol. The van der Waals surface area contributed by atoms with Crippen molar-refractivity contribution in [2.24, 2.45) is 0 Å². The number of terminal acetylenes is 1. The molecule has 1 saturated carbocycles. The standard InChI is InChI=1S/C9H13NO2/c1-2-3-6-10(7-9(11)12)8-4-5-8/h1,8H,3-7H2,(H,11,12). The summed E-state index contributed by atoms with van der Waals surface area (Å²) in [6.07, 6.45) is 7.99. The van der Waals surface area contributed by atoms with E-state index in [1.54, 1.807) is 0 Å². The maximum atomic E-state index is 10.4. The number of rotatable bonds is 5. The molecule has 0 saturated heterocycles. The quantitative estimate of drug-likeness (QED) is 0.608. The van der Waals surface area contributed by atoms with Crippen molar-refractivity contribution in [1.29, 1.82) is 0 Å². The van der Waals surface area contributed by atoms with Crippen molar-refractivity contribution in [3.05, 3.63) is 0 Å². The summed E-state index contributed by atoms with van der Waals surface area (Å²) in [6.45, 7) is 0.847. The summed E-state index contributed by atoms with van der Waals surface area (Å²) in [5, 5.41) is 8.57. The highest BCUT2D eigenvalue weighted by Gasteiger charge is 2.29. The van der Waals surface area contributed by atoms with E-state index >= 15 is 0 Å². The zero-order chi connectivity index (χ0) is 8.97. The van der Waals surface area contributed by atoms with Crippen LogP contribution in [0.15, 0.2) is 0 Å². The van der Waals surface area contributed by atoms with Crippen LogP contribution in [0.4, 0.5) is 0 Å². The molecule has 1 aliphatic rings. The molecule has 0 radical (unpaired) electrons. The van der Waals surface area contributed by atoms with E-state index < -0.39 is 5.97 Å². The summed E-state index contributed by atoms with van der Waals surface area (Å²) in [4.78, 5) is 12.4. The maximum absolute atomic E-state index is 10.4. The van der Waals surface area contributed by atoms with E-state index in [1.807, 2.05) is 4.90 Å². The number of aliphatic carboxylic acids is 1. The van der Waals surface area contributed by atoms with Crippen LogP contribution < -0.4 is 0 Å². The van der Waals surface area contributed by atoms with Crippen molar-refractivity contribution in [1.82, 2.24) is 4.90 Å². The lowest BCUT2D eigenvalue weighted by Gasteiger charge is -2.17. The summed E-state index contributed by atoms with van der Waals surface area (Å²) < 4.78 is 0. The number of nitrogens with zero attached hydrogens (tertiary/aromatic N) is 1. The second-order valence-corrected chi connectivity index (χ2v) is 3.05. The van der Waals surface area contributed by atoms with Gasteiger partial charge in [-0.25, -0.2) is 0 Å². The average Bonchev–Trinajstić information content (AvgIpc) is 2.79. The molecule has 66 valence electrons. The highest BCUT2D eigenvalue weighted by molar-refractivity contribution is 5.69. The molecule has 3 nitrogen and oxygen atoms in total. The van der Waals surface area contributed by atoms with Crippen molar-refractivity contribution in [3.63, 3.8) is 0 Å². The van der Waals surface area contributed by atoms with Crippen molar-refractivity contribution >= 4 is 5.97 Å². The normalized spacial score (nSPS) is 16.0. The summed E-state index contributed by atoms with van der Waals surface area (Å²) in [5.74, 6) is 1.75. The van der Waals surface area contributed by atoms with Crippen LogP contribution in [-0.4, -0.2) is 35.1 Å². The van der Waals surface area contributed by atoms with E-state index in [0.29, 0.717) is 19.0 Å². The molecule has 0 aromatic rings. The summed E-state index contributed by atoms with van der Waals surface area (Å²) >= 11 is 0. The fourth-order valence-corrected chi connectivity index (χ4v) is 1.21. The van der Waals surface area contributed by atoms with Crippen molar-refractivity contribution in [2.75, 3.05) is 13.1 Å². The van der Waals surface area contributed by atoms with Crippen LogP contribution in [0.2, 0.25) is 0 Å². The maximum Gasteiger partial charge on any atom is 0.317 e. The van der Waals surface area contributed by atoms with Crippen LogP contribution in [0.25, 0.3) is 0 Å². The molecule has 12 heavy (non-hydrogen) atoms. The Balaban J connectivity index is 2.28. The molecule has 0 amide bonds. The van der Waals surface area contributed by atoms with Gasteiger partial charge in [-0.15, -0.1) is 12.3 Å². The third-order valence-electron chi connectivity index (χ3n) is 1.94. The molecule has 0 spiro atoms. The first-order chi connectivity index (χ1) is 5.74. The third kappa shape index (κ3) is 2.93. The fraction of sp³-hybridized carbons (Fsp3) is 0.667. The average molecular weight is 167 g/mol. The van der Waals surface area contributed by atoms with Crippen LogP contribution in [0.1, 0.15) is 19.3 Å². The molecule has 0 heterocycles. The first-order valence-electron chi connectivity index (χ1n) is 4.13. The lowest BCUT2D eigenvalue weighted by molar-refractivity contribution is -0.138. The minimum atomic E-state index is -0.765. The molecular formula is C9H13NO2. The third-order valence-corrected chi connectivity index (χ3v) is 1.94. The van der Waals surface area contributed by atoms with E-state index in [0.717, 1.165) is 12.8 Å². The Morgan fingerprint density at radius 1 is 1.67 bits per heavy atom. The molecule has 0 bridgehead atoms. The molecule has 0 aromatic heterocycles. The predicted octanol–water partition coefficient (Wildman–Crippen LogP) is 0.559. The Labute approximate surface area is 72.4 Å². The molecule has 1 aliphatic carbocycles. The first-order valence-corrected chi connectivity index (χ1v) is 4.13. The Kier molecular flexibility index (Phi) is 3.12. The van der Waals surface area contributed by atoms with Crippen molar-refractivity contribution in [2.45, 2.75) is 25.3 Å². The van der Waals surface area contributed by atoms with E-state index in [1.165, 1.54) is 0 Å². The predicted molar refractivity (Wildman–Crippen MR) is 45.7 cm³/mol. The van der Waals surface area contributed by atoms with Crippen LogP contribution in [0.5, 0.6) is 0 Å². The smallest absolute Gasteiger partial charge is 0.317 e. The van der Waals surface area contributed by atoms with Gasteiger partial charge in [-0.2, -0.15) is 0 Å². The molecule has 1 N–H and O–H groups in total. The van der Waals surface area contributed by atoms with E-state index in [2.05, 4.69) is 5.92 Å². The van der Waals surface area contributed by atoms with Gasteiger partial charge in [0.05, 0.1) is 6.54 Å². The van der Waals surface area contributed by atoms with Gasteiger partial charge < -0.3 is 5.11 Å². The Morgan fingerprint density at radius 3 is 2.75 bits per heavy atom. The summed E-state index contributed by atoms with van der Waals surface area (Å²) in [7, 11) is 0. The van der Waals surface area contributed by atoms with Gasteiger partial charge in [0, 0.05) is 19.0 Å². The molecule has 1 fully saturated rings. The van der Waals surface area contributed by atoms with Crippen molar-refractivity contribution in [3.8, 4) is 12.3 Å². The second kappa shape index (κ2) is 4.13. The van der Waals surface area contributed by atoms with Gasteiger partial charge >= 0.3 is 5.97 Å². The molecule has 0 aromatic carbocycles. The highest BCUT2D eigenvalue weighted by Crippen LogP contribution is 2.26. The van der Waals surface area contributed by atoms with Gasteiger partial charge in [0.25, 0.3) is 0 Å². The van der Waals surface area contributed by atoms with Gasteiger partial charge in [-0.1, -0.05) is 0 Å². The lowest BCUT2D eigenvalue weighted by Crippen LogP contribution is -2.32. The second-order valence-electron chi connectivity index (χ2n) is 3.05. The largest absolute Gasteiger partial charge is 0.480 e. The number of carboxylic acid groups (broad SMARTS) is 1. The number of hydrogen-bond donors (Lipinski definition) is 1. The summed E-state index contributed by atoms with van der Waals surface area (Å²) in [5.41, 5.74) is 0. The van der Waals surface area contributed by atoms with Crippen LogP contribution in [-0.2, 0) is 4.79 Å². The molecule has 0 aliphatic heterocycles. The van der Waals surface area contributed by atoms with Gasteiger partial charge in [0.2, 0.25) is 0 Å². The first kappa shape index (κ1) is 9.08. The monoisotopic (exact) mass is 167 g/mol. The van der Waals surface area contributed by atoms with Crippen LogP contribution >= 0.6 is 0 Å². The molecule has 0 atom stereocenters. The topological polar surface area (TPSA) is 40.5 Å².